The molecule has 1 aromatic rings. The Morgan fingerprint density at radius 3 is 2.58 bits per heavy atom. The zero-order valence-corrected chi connectivity index (χ0v) is 13.2. The summed E-state index contributed by atoms with van der Waals surface area (Å²) in [4.78, 5) is 26.4. The summed E-state index contributed by atoms with van der Waals surface area (Å²) < 4.78 is 21.8. The van der Waals surface area contributed by atoms with Gasteiger partial charge in [0.05, 0.1) is 25.6 Å². The summed E-state index contributed by atoms with van der Waals surface area (Å²) >= 11 is 0. The molecule has 2 atom stereocenters. The quantitative estimate of drug-likeness (QED) is 0.750. The molecule has 2 fully saturated rings. The molecule has 4 rings (SSSR count). The van der Waals surface area contributed by atoms with Gasteiger partial charge in [0, 0.05) is 13.1 Å². The molecule has 3 heterocycles. The number of rotatable bonds is 2. The van der Waals surface area contributed by atoms with Crippen molar-refractivity contribution in [2.75, 3.05) is 39.5 Å². The molecule has 0 N–H and O–H groups in total. The number of carbonyl (C=O) groups is 2. The first kappa shape index (κ1) is 15.3. The molecule has 0 bridgehead atoms. The molecule has 7 nitrogen and oxygen atoms in total. The lowest BCUT2D eigenvalue weighted by atomic mass is 9.93. The van der Waals surface area contributed by atoms with E-state index in [2.05, 4.69) is 0 Å². The number of ether oxygens (including phenoxy) is 4. The summed E-state index contributed by atoms with van der Waals surface area (Å²) in [6, 6.07) is 5.43. The smallest absolute Gasteiger partial charge is 0.307 e. The van der Waals surface area contributed by atoms with Crippen molar-refractivity contribution in [3.8, 4) is 11.5 Å². The van der Waals surface area contributed by atoms with E-state index in [9.17, 15) is 9.59 Å². The highest BCUT2D eigenvalue weighted by molar-refractivity contribution is 5.87. The lowest BCUT2D eigenvalue weighted by Gasteiger charge is -2.30. The van der Waals surface area contributed by atoms with Crippen LogP contribution in [0.2, 0.25) is 0 Å². The van der Waals surface area contributed by atoms with Gasteiger partial charge < -0.3 is 23.8 Å². The predicted molar refractivity (Wildman–Crippen MR) is 81.8 cm³/mol. The molecule has 1 amide bonds. The summed E-state index contributed by atoms with van der Waals surface area (Å²) in [5, 5.41) is 0. The predicted octanol–water partition coefficient (Wildman–Crippen LogP) is 0.921. The Kier molecular flexibility index (Phi) is 4.02. The molecule has 3 aliphatic heterocycles. The highest BCUT2D eigenvalue weighted by Gasteiger charge is 2.43. The molecule has 0 radical (unpaired) electrons. The topological polar surface area (TPSA) is 74.3 Å². The molecule has 0 aliphatic carbocycles. The fourth-order valence-electron chi connectivity index (χ4n) is 3.33. The van der Waals surface area contributed by atoms with Crippen LogP contribution in [0.3, 0.4) is 0 Å². The van der Waals surface area contributed by atoms with E-state index in [0.29, 0.717) is 51.0 Å². The molecule has 0 spiro atoms. The highest BCUT2D eigenvalue weighted by atomic mass is 16.6. The Morgan fingerprint density at radius 1 is 1.04 bits per heavy atom. The van der Waals surface area contributed by atoms with Crippen LogP contribution in [-0.4, -0.2) is 56.3 Å². The number of carbonyl (C=O) groups excluding carboxylic acids is 2. The van der Waals surface area contributed by atoms with E-state index in [1.54, 1.807) is 17.0 Å². The summed E-state index contributed by atoms with van der Waals surface area (Å²) in [5.41, 5.74) is 0.761. The Balaban J connectivity index is 1.58. The minimum atomic E-state index is -0.580. The van der Waals surface area contributed by atoms with E-state index in [1.807, 2.05) is 6.07 Å². The van der Waals surface area contributed by atoms with E-state index in [-0.39, 0.29) is 18.3 Å². The number of cyclic esters (lactones) is 1. The molecule has 0 saturated carbocycles. The fraction of sp³-hybridized carbons (Fsp3) is 0.529. The lowest BCUT2D eigenvalue weighted by molar-refractivity contribution is -0.143. The third-order valence-corrected chi connectivity index (χ3v) is 4.55. The molecular weight excluding hydrogens is 314 g/mol. The Hall–Kier alpha value is -2.28. The minimum absolute atomic E-state index is 0.0518. The second-order valence-corrected chi connectivity index (χ2v) is 6.06. The minimum Gasteiger partial charge on any atom is -0.486 e. The summed E-state index contributed by atoms with van der Waals surface area (Å²) in [7, 11) is 0. The standard InChI is InChI=1S/C17H19NO6/c19-15-10-12(17(20)18-3-5-21-6-4-18)16(24-15)11-1-2-13-14(9-11)23-8-7-22-13/h1-2,9,12,16H,3-8,10H2/t12-,16+/m1/s1. The average molecular weight is 333 g/mol. The number of amides is 1. The fourth-order valence-corrected chi connectivity index (χ4v) is 3.33. The molecule has 2 saturated heterocycles. The first-order valence-electron chi connectivity index (χ1n) is 8.18. The monoisotopic (exact) mass is 333 g/mol. The van der Waals surface area contributed by atoms with Gasteiger partial charge in [0.1, 0.15) is 19.3 Å². The van der Waals surface area contributed by atoms with Gasteiger partial charge in [0.15, 0.2) is 11.5 Å². The molecule has 1 aromatic carbocycles. The van der Waals surface area contributed by atoms with Crippen molar-refractivity contribution in [1.82, 2.24) is 4.90 Å². The lowest BCUT2D eigenvalue weighted by Crippen LogP contribution is -2.44. The van der Waals surface area contributed by atoms with E-state index in [1.165, 1.54) is 0 Å². The number of hydrogen-bond donors (Lipinski definition) is 0. The maximum absolute atomic E-state index is 12.8. The van der Waals surface area contributed by atoms with Crippen LogP contribution in [0.5, 0.6) is 11.5 Å². The number of benzene rings is 1. The van der Waals surface area contributed by atoms with Gasteiger partial charge in [-0.15, -0.1) is 0 Å². The van der Waals surface area contributed by atoms with Crippen LogP contribution in [-0.2, 0) is 19.1 Å². The second-order valence-electron chi connectivity index (χ2n) is 6.06. The summed E-state index contributed by atoms with van der Waals surface area (Å²) in [6.45, 7) is 3.17. The van der Waals surface area contributed by atoms with E-state index < -0.39 is 12.0 Å². The van der Waals surface area contributed by atoms with Crippen molar-refractivity contribution >= 4 is 11.9 Å². The Morgan fingerprint density at radius 2 is 1.79 bits per heavy atom. The van der Waals surface area contributed by atoms with Crippen LogP contribution in [0.1, 0.15) is 18.1 Å². The maximum atomic E-state index is 12.8. The second kappa shape index (κ2) is 6.32. The van der Waals surface area contributed by atoms with Gasteiger partial charge in [0.25, 0.3) is 0 Å². The van der Waals surface area contributed by atoms with Crippen LogP contribution in [0, 0.1) is 5.92 Å². The van der Waals surface area contributed by atoms with Crippen molar-refractivity contribution in [3.05, 3.63) is 23.8 Å². The van der Waals surface area contributed by atoms with Crippen LogP contribution in [0.15, 0.2) is 18.2 Å². The van der Waals surface area contributed by atoms with Gasteiger partial charge in [-0.2, -0.15) is 0 Å². The van der Waals surface area contributed by atoms with Gasteiger partial charge in [-0.1, -0.05) is 6.07 Å². The zero-order valence-electron chi connectivity index (χ0n) is 13.2. The van der Waals surface area contributed by atoms with Gasteiger partial charge in [0.2, 0.25) is 5.91 Å². The van der Waals surface area contributed by atoms with E-state index >= 15 is 0 Å². The number of fused-ring (bicyclic) bond motifs is 1. The zero-order chi connectivity index (χ0) is 16.5. The number of morpholine rings is 1. The van der Waals surface area contributed by atoms with Gasteiger partial charge in [-0.3, -0.25) is 9.59 Å². The largest absolute Gasteiger partial charge is 0.486 e. The van der Waals surface area contributed by atoms with Crippen molar-refractivity contribution < 1.29 is 28.5 Å². The van der Waals surface area contributed by atoms with Crippen molar-refractivity contribution in [3.63, 3.8) is 0 Å². The Bertz CT molecular complexity index is 654. The third-order valence-electron chi connectivity index (χ3n) is 4.55. The van der Waals surface area contributed by atoms with Crippen LogP contribution in [0.25, 0.3) is 0 Å². The van der Waals surface area contributed by atoms with Crippen LogP contribution < -0.4 is 9.47 Å². The molecule has 7 heteroatoms. The Labute approximate surface area is 139 Å². The van der Waals surface area contributed by atoms with Gasteiger partial charge >= 0.3 is 5.97 Å². The SMILES string of the molecule is O=C1C[C@@H](C(=O)N2CCOCC2)[C@H](c2ccc3c(c2)OCCO3)O1. The van der Waals surface area contributed by atoms with Crippen LogP contribution in [0.4, 0.5) is 0 Å². The van der Waals surface area contributed by atoms with E-state index in [0.717, 1.165) is 5.56 Å². The average Bonchev–Trinajstić information content (AvgIpc) is 3.03. The summed E-state index contributed by atoms with van der Waals surface area (Å²) in [6.07, 6.45) is -0.473. The molecule has 128 valence electrons. The number of hydrogen-bond acceptors (Lipinski definition) is 6. The summed E-state index contributed by atoms with van der Waals surface area (Å²) in [5.74, 6) is 0.397. The van der Waals surface area contributed by atoms with Gasteiger partial charge in [-0.05, 0) is 17.7 Å². The van der Waals surface area contributed by atoms with E-state index in [4.69, 9.17) is 18.9 Å². The van der Waals surface area contributed by atoms with Crippen molar-refractivity contribution in [2.45, 2.75) is 12.5 Å². The number of nitrogens with zero attached hydrogens (tertiary/aromatic N) is 1. The third kappa shape index (κ3) is 2.80. The number of esters is 1. The van der Waals surface area contributed by atoms with Crippen LogP contribution >= 0.6 is 0 Å². The molecule has 3 aliphatic rings. The first-order valence-corrected chi connectivity index (χ1v) is 8.18. The van der Waals surface area contributed by atoms with Gasteiger partial charge in [-0.25, -0.2) is 0 Å². The normalized spacial score (nSPS) is 26.2. The highest BCUT2D eigenvalue weighted by Crippen LogP contribution is 2.40. The first-order chi connectivity index (χ1) is 11.7. The maximum Gasteiger partial charge on any atom is 0.307 e. The molecule has 24 heavy (non-hydrogen) atoms. The van der Waals surface area contributed by atoms with Crippen molar-refractivity contribution in [1.29, 1.82) is 0 Å². The molecular formula is C17H19NO6. The van der Waals surface area contributed by atoms with Crippen molar-refractivity contribution in [2.24, 2.45) is 5.92 Å². The molecule has 0 aromatic heterocycles. The molecule has 0 unspecified atom stereocenters.